The predicted octanol–water partition coefficient (Wildman–Crippen LogP) is 4.72. The summed E-state index contributed by atoms with van der Waals surface area (Å²) in [6.07, 6.45) is 1.48. The maximum absolute atomic E-state index is 14.8. The van der Waals surface area contributed by atoms with Gasteiger partial charge in [-0.05, 0) is 62.6 Å². The molecule has 2 aromatic heterocycles. The van der Waals surface area contributed by atoms with Crippen LogP contribution < -0.4 is 21.2 Å². The van der Waals surface area contributed by atoms with Crippen LogP contribution in [0.5, 0.6) is 0 Å². The number of benzene rings is 2. The van der Waals surface area contributed by atoms with Crippen molar-refractivity contribution in [3.05, 3.63) is 79.1 Å². The highest BCUT2D eigenvalue weighted by atomic mass is 35.5. The third-order valence-electron chi connectivity index (χ3n) is 6.43. The summed E-state index contributed by atoms with van der Waals surface area (Å²) in [7, 11) is -1.02. The Morgan fingerprint density at radius 3 is 2.46 bits per heavy atom. The fraction of sp³-hybridized carbons (Fsp3) is 0.269. The van der Waals surface area contributed by atoms with Crippen molar-refractivity contribution >= 4 is 49.8 Å². The number of rotatable bonds is 7. The summed E-state index contributed by atoms with van der Waals surface area (Å²) in [4.78, 5) is 26.6. The zero-order valence-electron chi connectivity index (χ0n) is 21.5. The van der Waals surface area contributed by atoms with Crippen molar-refractivity contribution in [2.24, 2.45) is 0 Å². The van der Waals surface area contributed by atoms with Crippen molar-refractivity contribution in [3.63, 3.8) is 0 Å². The minimum absolute atomic E-state index is 0.0254. The van der Waals surface area contributed by atoms with E-state index in [0.717, 1.165) is 17.1 Å². The van der Waals surface area contributed by atoms with Crippen LogP contribution >= 0.6 is 11.6 Å². The van der Waals surface area contributed by atoms with Crippen LogP contribution in [0.1, 0.15) is 30.0 Å². The Morgan fingerprint density at radius 1 is 1.13 bits per heavy atom. The molecule has 1 saturated carbocycles. The van der Waals surface area contributed by atoms with Gasteiger partial charge in [-0.25, -0.2) is 13.9 Å². The Hall–Kier alpha value is -3.74. The second kappa shape index (κ2) is 9.78. The number of aromatic nitrogens is 2. The molecule has 2 heterocycles. The van der Waals surface area contributed by atoms with Gasteiger partial charge in [0, 0.05) is 19.7 Å². The Balaban J connectivity index is 1.74. The topological polar surface area (TPSA) is 127 Å². The number of nitrogens with zero attached hydrogens (tertiary/aromatic N) is 3. The normalized spacial score (nSPS) is 13.7. The lowest BCUT2D eigenvalue weighted by Crippen LogP contribution is -2.28. The second-order valence-electron chi connectivity index (χ2n) is 9.62. The molecule has 0 bridgehead atoms. The number of nitrogens with one attached hydrogen (secondary N) is 2. The van der Waals surface area contributed by atoms with E-state index in [9.17, 15) is 22.4 Å². The lowest BCUT2D eigenvalue weighted by molar-refractivity contribution is 0.527. The first-order valence-electron chi connectivity index (χ1n) is 12.0. The van der Waals surface area contributed by atoms with Gasteiger partial charge in [0.2, 0.25) is 0 Å². The largest absolute Gasteiger partial charge is 0.420 e. The highest BCUT2D eigenvalue weighted by molar-refractivity contribution is 7.90. The molecular formula is C26H25ClFN5O5S. The van der Waals surface area contributed by atoms with E-state index >= 15 is 0 Å². The fourth-order valence-electron chi connectivity index (χ4n) is 4.07. The van der Waals surface area contributed by atoms with Crippen LogP contribution in [-0.2, 0) is 10.2 Å². The summed E-state index contributed by atoms with van der Waals surface area (Å²) in [5.74, 6) is -0.550. The Morgan fingerprint density at radius 2 is 1.85 bits per heavy atom. The van der Waals surface area contributed by atoms with E-state index in [1.807, 2.05) is 0 Å². The third-order valence-corrected chi connectivity index (χ3v) is 8.19. The number of fused-ring (bicyclic) bond motifs is 1. The molecule has 13 heteroatoms. The molecule has 1 aliphatic rings. The van der Waals surface area contributed by atoms with Crippen molar-refractivity contribution in [1.82, 2.24) is 14.1 Å². The van der Waals surface area contributed by atoms with Crippen molar-refractivity contribution in [1.29, 1.82) is 0 Å². The summed E-state index contributed by atoms with van der Waals surface area (Å²) < 4.78 is 49.6. The Kier molecular flexibility index (Phi) is 6.73. The van der Waals surface area contributed by atoms with Gasteiger partial charge in [-0.15, -0.1) is 0 Å². The molecule has 2 N–H and O–H groups in total. The van der Waals surface area contributed by atoms with Gasteiger partial charge < -0.3 is 9.73 Å². The molecule has 0 atom stereocenters. The van der Waals surface area contributed by atoms with Crippen molar-refractivity contribution < 1.29 is 17.2 Å². The SMILES string of the molecule is Cc1ccc(Nc2c(C)c(=O)oc3c(-c4ccc(NS(=O)(=O)N(C)C)cc4Cl)nn(C4CC4)c(=O)c23)c(F)c1. The average molecular weight is 574 g/mol. The molecule has 0 radical (unpaired) electrons. The molecule has 204 valence electrons. The maximum atomic E-state index is 14.8. The highest BCUT2D eigenvalue weighted by Gasteiger charge is 2.31. The molecular weight excluding hydrogens is 549 g/mol. The number of aryl methyl sites for hydroxylation is 1. The smallest absolute Gasteiger partial charge is 0.341 e. The van der Waals surface area contributed by atoms with Crippen LogP contribution in [0.4, 0.5) is 21.5 Å². The van der Waals surface area contributed by atoms with E-state index in [-0.39, 0.29) is 50.4 Å². The molecule has 10 nitrogen and oxygen atoms in total. The molecule has 0 spiro atoms. The zero-order chi connectivity index (χ0) is 28.2. The van der Waals surface area contributed by atoms with Crippen LogP contribution in [-0.4, -0.2) is 36.6 Å². The standard InChI is InChI=1S/C26H25ClFN5O5S/c1-13-5-10-20(19(28)11-13)29-22-14(2)26(35)38-24-21(22)25(34)33(16-7-8-16)30-23(24)17-9-6-15(12-18(17)27)31-39(36,37)32(3)4/h5-6,9-12,16,29,31H,7-8H2,1-4H3. The number of halogens is 2. The summed E-state index contributed by atoms with van der Waals surface area (Å²) in [5.41, 5.74) is 0.272. The van der Waals surface area contributed by atoms with Crippen molar-refractivity contribution in [2.75, 3.05) is 24.1 Å². The molecule has 0 amide bonds. The summed E-state index contributed by atoms with van der Waals surface area (Å²) >= 11 is 6.58. The van der Waals surface area contributed by atoms with Gasteiger partial charge in [0.05, 0.1) is 33.7 Å². The molecule has 39 heavy (non-hydrogen) atoms. The molecule has 1 fully saturated rings. The number of anilines is 3. The average Bonchev–Trinajstić information content (AvgIpc) is 3.69. The highest BCUT2D eigenvalue weighted by Crippen LogP contribution is 2.39. The first-order valence-corrected chi connectivity index (χ1v) is 13.8. The molecule has 0 aliphatic heterocycles. The molecule has 1 aliphatic carbocycles. The monoisotopic (exact) mass is 573 g/mol. The van der Waals surface area contributed by atoms with Crippen LogP contribution in [0.3, 0.4) is 0 Å². The number of hydrogen-bond acceptors (Lipinski definition) is 7. The summed E-state index contributed by atoms with van der Waals surface area (Å²) in [6.45, 7) is 3.23. The first-order chi connectivity index (χ1) is 18.4. The minimum Gasteiger partial charge on any atom is -0.420 e. The minimum atomic E-state index is -3.78. The molecule has 0 saturated heterocycles. The van der Waals surface area contributed by atoms with Gasteiger partial charge in [-0.1, -0.05) is 17.7 Å². The van der Waals surface area contributed by atoms with Gasteiger partial charge >= 0.3 is 15.8 Å². The van der Waals surface area contributed by atoms with Gasteiger partial charge in [0.1, 0.15) is 16.9 Å². The Labute approximate surface area is 228 Å². The van der Waals surface area contributed by atoms with E-state index in [1.54, 1.807) is 13.0 Å². The van der Waals surface area contributed by atoms with E-state index < -0.39 is 27.2 Å². The van der Waals surface area contributed by atoms with Crippen molar-refractivity contribution in [2.45, 2.75) is 32.7 Å². The fourth-order valence-corrected chi connectivity index (χ4v) is 4.95. The van der Waals surface area contributed by atoms with Gasteiger partial charge in [-0.2, -0.15) is 17.8 Å². The Bertz CT molecular complexity index is 1870. The number of hydrogen-bond donors (Lipinski definition) is 2. The van der Waals surface area contributed by atoms with Gasteiger partial charge in [-0.3, -0.25) is 9.52 Å². The first kappa shape index (κ1) is 26.9. The van der Waals surface area contributed by atoms with E-state index in [4.69, 9.17) is 16.0 Å². The van der Waals surface area contributed by atoms with Crippen molar-refractivity contribution in [3.8, 4) is 11.3 Å². The predicted molar refractivity (Wildman–Crippen MR) is 149 cm³/mol. The second-order valence-corrected chi connectivity index (χ2v) is 11.9. The quantitative estimate of drug-likeness (QED) is 0.327. The summed E-state index contributed by atoms with van der Waals surface area (Å²) in [5, 5.41) is 7.57. The third kappa shape index (κ3) is 5.02. The lowest BCUT2D eigenvalue weighted by Gasteiger charge is -2.17. The van der Waals surface area contributed by atoms with Crippen LogP contribution in [0.2, 0.25) is 5.02 Å². The molecule has 5 rings (SSSR count). The molecule has 4 aromatic rings. The summed E-state index contributed by atoms with van der Waals surface area (Å²) in [6, 6.07) is 8.81. The maximum Gasteiger partial charge on any atom is 0.341 e. The van der Waals surface area contributed by atoms with E-state index in [0.29, 0.717) is 11.1 Å². The van der Waals surface area contributed by atoms with Crippen LogP contribution in [0, 0.1) is 19.7 Å². The van der Waals surface area contributed by atoms with Crippen LogP contribution in [0.15, 0.2) is 50.4 Å². The molecule has 0 unspecified atom stereocenters. The van der Waals surface area contributed by atoms with Crippen LogP contribution in [0.25, 0.3) is 22.2 Å². The van der Waals surface area contributed by atoms with E-state index in [1.165, 1.54) is 56.0 Å². The molecule has 2 aromatic carbocycles. The van der Waals surface area contributed by atoms with E-state index in [2.05, 4.69) is 15.1 Å². The lowest BCUT2D eigenvalue weighted by atomic mass is 10.1. The van der Waals surface area contributed by atoms with Gasteiger partial charge in [0.25, 0.3) is 5.56 Å². The zero-order valence-corrected chi connectivity index (χ0v) is 23.1. The van der Waals surface area contributed by atoms with Gasteiger partial charge in [0.15, 0.2) is 5.58 Å².